The van der Waals surface area contributed by atoms with Gasteiger partial charge in [-0.05, 0) is 43.0 Å². The molecule has 0 fully saturated rings. The molecule has 2 N–H and O–H groups in total. The van der Waals surface area contributed by atoms with Crippen molar-refractivity contribution in [3.05, 3.63) is 36.4 Å². The molecule has 1 unspecified atom stereocenters. The van der Waals surface area contributed by atoms with E-state index < -0.39 is 5.97 Å². The van der Waals surface area contributed by atoms with Crippen molar-refractivity contribution >= 4 is 17.6 Å². The minimum absolute atomic E-state index is 0.0789. The zero-order valence-electron chi connectivity index (χ0n) is 11.0. The zero-order valence-corrected chi connectivity index (χ0v) is 11.0. The number of hydrogen-bond acceptors (Lipinski definition) is 3. The Hall–Kier alpha value is -2.30. The lowest BCUT2D eigenvalue weighted by molar-refractivity contribution is -0.136. The minimum Gasteiger partial charge on any atom is -0.508 e. The number of allylic oxidation sites excluding steroid dienone is 2. The third-order valence-corrected chi connectivity index (χ3v) is 3.30. The first-order valence-electron chi connectivity index (χ1n) is 6.54. The number of aliphatic carboxylic acids is 1. The summed E-state index contributed by atoms with van der Waals surface area (Å²) in [5.41, 5.74) is 0.483. The van der Waals surface area contributed by atoms with Gasteiger partial charge >= 0.3 is 5.97 Å². The van der Waals surface area contributed by atoms with Gasteiger partial charge in [-0.3, -0.25) is 9.59 Å². The number of hydrogen-bond donors (Lipinski definition) is 2. The van der Waals surface area contributed by atoms with E-state index in [9.17, 15) is 14.7 Å². The van der Waals surface area contributed by atoms with E-state index in [1.165, 1.54) is 17.0 Å². The van der Waals surface area contributed by atoms with Crippen LogP contribution in [0.2, 0.25) is 0 Å². The van der Waals surface area contributed by atoms with Gasteiger partial charge < -0.3 is 15.1 Å². The number of carboxylic acid groups (broad SMARTS) is 1. The Morgan fingerprint density at radius 3 is 2.50 bits per heavy atom. The van der Waals surface area contributed by atoms with Gasteiger partial charge in [0.25, 0.3) is 0 Å². The third kappa shape index (κ3) is 3.60. The molecule has 0 bridgehead atoms. The molecule has 0 saturated heterocycles. The fourth-order valence-corrected chi connectivity index (χ4v) is 2.29. The summed E-state index contributed by atoms with van der Waals surface area (Å²) in [4.78, 5) is 24.5. The number of carbonyl (C=O) groups excluding carboxylic acids is 1. The SMILES string of the molecule is O=C(O)CN(C(=O)CC1C=CCC1)c1ccc(O)cc1. The molecule has 2 rings (SSSR count). The largest absolute Gasteiger partial charge is 0.508 e. The van der Waals surface area contributed by atoms with Gasteiger partial charge in [0, 0.05) is 12.1 Å². The van der Waals surface area contributed by atoms with Crippen LogP contribution in [0.3, 0.4) is 0 Å². The zero-order chi connectivity index (χ0) is 14.5. The summed E-state index contributed by atoms with van der Waals surface area (Å²) in [5.74, 6) is -1.01. The fourth-order valence-electron chi connectivity index (χ4n) is 2.29. The Labute approximate surface area is 117 Å². The molecule has 0 aromatic heterocycles. The van der Waals surface area contributed by atoms with E-state index in [0.717, 1.165) is 12.8 Å². The second-order valence-electron chi connectivity index (χ2n) is 4.86. The van der Waals surface area contributed by atoms with Crippen molar-refractivity contribution < 1.29 is 19.8 Å². The number of nitrogens with zero attached hydrogens (tertiary/aromatic N) is 1. The molecule has 5 nitrogen and oxygen atoms in total. The van der Waals surface area contributed by atoms with E-state index in [-0.39, 0.29) is 24.1 Å². The van der Waals surface area contributed by atoms with Crippen LogP contribution in [0, 0.1) is 5.92 Å². The van der Waals surface area contributed by atoms with Crippen molar-refractivity contribution in [3.8, 4) is 5.75 Å². The summed E-state index contributed by atoms with van der Waals surface area (Å²) < 4.78 is 0. The maximum atomic E-state index is 12.3. The first-order chi connectivity index (χ1) is 9.56. The molecule has 20 heavy (non-hydrogen) atoms. The lowest BCUT2D eigenvalue weighted by Gasteiger charge is -2.22. The van der Waals surface area contributed by atoms with Crippen LogP contribution in [0.4, 0.5) is 5.69 Å². The average molecular weight is 275 g/mol. The van der Waals surface area contributed by atoms with Crippen LogP contribution in [-0.4, -0.2) is 28.6 Å². The summed E-state index contributed by atoms with van der Waals surface area (Å²) in [6.45, 7) is -0.375. The Kier molecular flexibility index (Phi) is 4.40. The molecule has 106 valence electrons. The van der Waals surface area contributed by atoms with Crippen LogP contribution in [-0.2, 0) is 9.59 Å². The van der Waals surface area contributed by atoms with Gasteiger partial charge in [0.2, 0.25) is 5.91 Å². The minimum atomic E-state index is -1.06. The highest BCUT2D eigenvalue weighted by Crippen LogP contribution is 2.24. The highest BCUT2D eigenvalue weighted by molar-refractivity contribution is 5.97. The Bertz CT molecular complexity index is 521. The quantitative estimate of drug-likeness (QED) is 0.807. The second-order valence-corrected chi connectivity index (χ2v) is 4.86. The van der Waals surface area contributed by atoms with Crippen LogP contribution in [0.5, 0.6) is 5.75 Å². The summed E-state index contributed by atoms with van der Waals surface area (Å²) in [5, 5.41) is 18.2. The number of anilines is 1. The van der Waals surface area contributed by atoms with E-state index >= 15 is 0 Å². The van der Waals surface area contributed by atoms with Gasteiger partial charge in [-0.2, -0.15) is 0 Å². The Morgan fingerprint density at radius 2 is 1.95 bits per heavy atom. The normalized spacial score (nSPS) is 17.1. The standard InChI is InChI=1S/C15H17NO4/c17-13-7-5-12(6-8-13)16(10-15(19)20)14(18)9-11-3-1-2-4-11/h1,3,5-8,11,17H,2,4,9-10H2,(H,19,20). The predicted molar refractivity (Wildman–Crippen MR) is 74.6 cm³/mol. The molecule has 1 aliphatic rings. The number of rotatable bonds is 5. The van der Waals surface area contributed by atoms with Crippen molar-refractivity contribution in [2.45, 2.75) is 19.3 Å². The van der Waals surface area contributed by atoms with Gasteiger partial charge in [0.15, 0.2) is 0 Å². The van der Waals surface area contributed by atoms with Crippen LogP contribution < -0.4 is 4.90 Å². The molecule has 0 saturated carbocycles. The van der Waals surface area contributed by atoms with Crippen molar-refractivity contribution in [3.63, 3.8) is 0 Å². The highest BCUT2D eigenvalue weighted by atomic mass is 16.4. The molecule has 0 spiro atoms. The fraction of sp³-hybridized carbons (Fsp3) is 0.333. The summed E-state index contributed by atoms with van der Waals surface area (Å²) in [6, 6.07) is 5.96. The third-order valence-electron chi connectivity index (χ3n) is 3.30. The van der Waals surface area contributed by atoms with Crippen molar-refractivity contribution in [1.82, 2.24) is 0 Å². The predicted octanol–water partition coefficient (Wildman–Crippen LogP) is 2.17. The molecule has 0 heterocycles. The molecule has 1 aromatic carbocycles. The molecule has 1 aromatic rings. The van der Waals surface area contributed by atoms with E-state index in [1.54, 1.807) is 12.1 Å². The Morgan fingerprint density at radius 1 is 1.25 bits per heavy atom. The molecule has 1 amide bonds. The topological polar surface area (TPSA) is 77.8 Å². The van der Waals surface area contributed by atoms with Gasteiger partial charge in [0.05, 0.1) is 0 Å². The molecule has 0 radical (unpaired) electrons. The highest BCUT2D eigenvalue weighted by Gasteiger charge is 2.22. The van der Waals surface area contributed by atoms with E-state index in [4.69, 9.17) is 5.11 Å². The van der Waals surface area contributed by atoms with Gasteiger partial charge in [-0.1, -0.05) is 12.2 Å². The first kappa shape index (κ1) is 14.1. The van der Waals surface area contributed by atoms with Gasteiger partial charge in [-0.15, -0.1) is 0 Å². The van der Waals surface area contributed by atoms with Crippen LogP contribution in [0.1, 0.15) is 19.3 Å². The molecule has 1 atom stereocenters. The maximum absolute atomic E-state index is 12.3. The number of phenolic OH excluding ortho intramolecular Hbond substituents is 1. The monoisotopic (exact) mass is 275 g/mol. The van der Waals surface area contributed by atoms with Crippen molar-refractivity contribution in [1.29, 1.82) is 0 Å². The van der Waals surface area contributed by atoms with E-state index in [1.807, 2.05) is 12.2 Å². The van der Waals surface area contributed by atoms with Crippen molar-refractivity contribution in [2.75, 3.05) is 11.4 Å². The molecule has 1 aliphatic carbocycles. The average Bonchev–Trinajstić information content (AvgIpc) is 2.89. The number of amides is 1. The number of benzene rings is 1. The van der Waals surface area contributed by atoms with Gasteiger partial charge in [0.1, 0.15) is 12.3 Å². The van der Waals surface area contributed by atoms with Crippen LogP contribution in [0.25, 0.3) is 0 Å². The molecule has 0 aliphatic heterocycles. The number of aromatic hydroxyl groups is 1. The van der Waals surface area contributed by atoms with E-state index in [0.29, 0.717) is 12.1 Å². The lowest BCUT2D eigenvalue weighted by Crippen LogP contribution is -2.36. The van der Waals surface area contributed by atoms with Gasteiger partial charge in [-0.25, -0.2) is 0 Å². The smallest absolute Gasteiger partial charge is 0.323 e. The summed E-state index contributed by atoms with van der Waals surface area (Å²) >= 11 is 0. The van der Waals surface area contributed by atoms with E-state index in [2.05, 4.69) is 0 Å². The number of carboxylic acids is 1. The number of phenols is 1. The van der Waals surface area contributed by atoms with Crippen molar-refractivity contribution in [2.24, 2.45) is 5.92 Å². The summed E-state index contributed by atoms with van der Waals surface area (Å²) in [6.07, 6.45) is 6.26. The molecular weight excluding hydrogens is 258 g/mol. The summed E-state index contributed by atoms with van der Waals surface area (Å²) in [7, 11) is 0. The Balaban J connectivity index is 2.13. The van der Waals surface area contributed by atoms with Crippen LogP contribution in [0.15, 0.2) is 36.4 Å². The number of carbonyl (C=O) groups is 2. The maximum Gasteiger partial charge on any atom is 0.323 e. The molecular formula is C15H17NO4. The first-order valence-corrected chi connectivity index (χ1v) is 6.54. The van der Waals surface area contributed by atoms with Crippen LogP contribution >= 0.6 is 0 Å². The molecule has 5 heteroatoms. The lowest BCUT2D eigenvalue weighted by atomic mass is 10.0. The second kappa shape index (κ2) is 6.23.